The van der Waals surface area contributed by atoms with Crippen LogP contribution in [0, 0.1) is 5.92 Å². The molecule has 0 saturated heterocycles. The van der Waals surface area contributed by atoms with E-state index in [9.17, 15) is 14.7 Å². The first-order valence-corrected chi connectivity index (χ1v) is 11.7. The predicted octanol–water partition coefficient (Wildman–Crippen LogP) is 5.70. The molecule has 0 radical (unpaired) electrons. The van der Waals surface area contributed by atoms with Gasteiger partial charge >= 0.3 is 5.97 Å². The molecule has 1 aliphatic rings. The molecule has 0 fully saturated rings. The summed E-state index contributed by atoms with van der Waals surface area (Å²) in [5, 5.41) is 15.4. The van der Waals surface area contributed by atoms with Crippen LogP contribution in [0.2, 0.25) is 10.0 Å². The van der Waals surface area contributed by atoms with Crippen LogP contribution >= 0.6 is 23.2 Å². The zero-order valence-corrected chi connectivity index (χ0v) is 20.6. The topological polar surface area (TPSA) is 84.7 Å². The van der Waals surface area contributed by atoms with E-state index >= 15 is 0 Å². The minimum atomic E-state index is -0.836. The van der Waals surface area contributed by atoms with Gasteiger partial charge in [0.05, 0.1) is 34.3 Å². The monoisotopic (exact) mass is 501 g/mol. The molecular formula is C25H25Cl2N3O4. The van der Waals surface area contributed by atoms with Gasteiger partial charge < -0.3 is 5.11 Å². The van der Waals surface area contributed by atoms with E-state index in [0.717, 1.165) is 27.8 Å². The van der Waals surface area contributed by atoms with Crippen molar-refractivity contribution in [2.24, 2.45) is 13.0 Å². The first-order chi connectivity index (χ1) is 16.2. The van der Waals surface area contributed by atoms with E-state index in [1.165, 1.54) is 5.06 Å². The summed E-state index contributed by atoms with van der Waals surface area (Å²) in [4.78, 5) is 30.7. The first-order valence-electron chi connectivity index (χ1n) is 11.0. The van der Waals surface area contributed by atoms with Gasteiger partial charge in [0, 0.05) is 18.8 Å². The molecule has 34 heavy (non-hydrogen) atoms. The van der Waals surface area contributed by atoms with Crippen LogP contribution < -0.4 is 0 Å². The molecule has 1 aliphatic heterocycles. The van der Waals surface area contributed by atoms with Crippen molar-refractivity contribution in [3.05, 3.63) is 75.0 Å². The van der Waals surface area contributed by atoms with Gasteiger partial charge in [-0.1, -0.05) is 55.2 Å². The third-order valence-electron chi connectivity index (χ3n) is 6.34. The van der Waals surface area contributed by atoms with Gasteiger partial charge in [0.2, 0.25) is 0 Å². The Labute approximate surface area is 207 Å². The number of carbonyl (C=O) groups is 2. The molecule has 9 heteroatoms. The Kier molecular flexibility index (Phi) is 6.98. The van der Waals surface area contributed by atoms with Crippen molar-refractivity contribution in [3.63, 3.8) is 0 Å². The van der Waals surface area contributed by atoms with Gasteiger partial charge in [0.25, 0.3) is 5.91 Å². The van der Waals surface area contributed by atoms with Crippen LogP contribution in [0.25, 0.3) is 11.1 Å². The van der Waals surface area contributed by atoms with E-state index in [2.05, 4.69) is 5.10 Å². The molecular weight excluding hydrogens is 477 g/mol. The van der Waals surface area contributed by atoms with Gasteiger partial charge in [-0.25, -0.2) is 5.06 Å². The molecule has 2 atom stereocenters. The molecule has 0 aliphatic carbocycles. The average molecular weight is 502 g/mol. The maximum atomic E-state index is 13.3. The van der Waals surface area contributed by atoms with Crippen LogP contribution in [0.1, 0.15) is 53.2 Å². The number of halogens is 2. The van der Waals surface area contributed by atoms with Crippen molar-refractivity contribution in [1.29, 1.82) is 0 Å². The highest BCUT2D eigenvalue weighted by Crippen LogP contribution is 2.37. The number of hydrogen-bond donors (Lipinski definition) is 1. The van der Waals surface area contributed by atoms with E-state index in [-0.39, 0.29) is 34.7 Å². The highest BCUT2D eigenvalue weighted by atomic mass is 35.5. The number of nitrogens with zero attached hydrogens (tertiary/aromatic N) is 3. The van der Waals surface area contributed by atoms with E-state index in [0.29, 0.717) is 6.42 Å². The van der Waals surface area contributed by atoms with Crippen molar-refractivity contribution in [1.82, 2.24) is 14.8 Å². The van der Waals surface area contributed by atoms with Crippen molar-refractivity contribution < 1.29 is 19.5 Å². The van der Waals surface area contributed by atoms with Gasteiger partial charge in [-0.05, 0) is 46.7 Å². The first kappa shape index (κ1) is 24.3. The summed E-state index contributed by atoms with van der Waals surface area (Å²) in [6, 6.07) is 9.13. The second-order valence-corrected chi connectivity index (χ2v) is 9.27. The molecule has 7 nitrogen and oxygen atoms in total. The number of benzene rings is 2. The number of hydroxylamine groups is 2. The fourth-order valence-electron chi connectivity index (χ4n) is 4.45. The van der Waals surface area contributed by atoms with E-state index in [4.69, 9.17) is 28.0 Å². The van der Waals surface area contributed by atoms with Crippen molar-refractivity contribution in [2.75, 3.05) is 0 Å². The molecule has 4 rings (SSSR count). The number of carbonyl (C=O) groups excluding carboxylic acids is 1. The highest BCUT2D eigenvalue weighted by molar-refractivity contribution is 6.40. The smallest absolute Gasteiger partial charge is 0.306 e. The van der Waals surface area contributed by atoms with Gasteiger partial charge in [0.1, 0.15) is 6.61 Å². The summed E-state index contributed by atoms with van der Waals surface area (Å²) < 4.78 is 1.67. The van der Waals surface area contributed by atoms with Crippen LogP contribution in [0.4, 0.5) is 0 Å². The van der Waals surface area contributed by atoms with E-state index in [1.807, 2.05) is 38.4 Å². The van der Waals surface area contributed by atoms with Crippen molar-refractivity contribution >= 4 is 35.1 Å². The SMILES string of the molecule is CC[C@@H](c1cccc2c1CON(C(=O)c1c(Cl)cc(-c3cnn(C)c3)cc1Cl)C2)[C@H](C)C(=O)O. The zero-order valence-electron chi connectivity index (χ0n) is 19.1. The second-order valence-electron chi connectivity index (χ2n) is 8.46. The normalized spacial score (nSPS) is 15.0. The van der Waals surface area contributed by atoms with Crippen LogP contribution in [0.15, 0.2) is 42.7 Å². The number of carboxylic acids is 1. The predicted molar refractivity (Wildman–Crippen MR) is 130 cm³/mol. The Morgan fingerprint density at radius 1 is 1.21 bits per heavy atom. The Balaban J connectivity index is 1.61. The summed E-state index contributed by atoms with van der Waals surface area (Å²) in [5.74, 6) is -1.96. The summed E-state index contributed by atoms with van der Waals surface area (Å²) in [6.45, 7) is 4.05. The molecule has 0 saturated carbocycles. The van der Waals surface area contributed by atoms with Crippen LogP contribution in [0.3, 0.4) is 0 Å². The summed E-state index contributed by atoms with van der Waals surface area (Å²) in [6.07, 6.45) is 4.21. The van der Waals surface area contributed by atoms with Gasteiger partial charge in [0.15, 0.2) is 0 Å². The molecule has 3 aromatic rings. The second kappa shape index (κ2) is 9.78. The molecule has 2 heterocycles. The Morgan fingerprint density at radius 2 is 1.91 bits per heavy atom. The minimum Gasteiger partial charge on any atom is -0.481 e. The lowest BCUT2D eigenvalue weighted by atomic mass is 9.81. The van der Waals surface area contributed by atoms with Crippen molar-refractivity contribution in [3.8, 4) is 11.1 Å². The van der Waals surface area contributed by atoms with Crippen molar-refractivity contribution in [2.45, 2.75) is 39.3 Å². The number of aromatic nitrogens is 2. The molecule has 1 amide bonds. The molecule has 0 spiro atoms. The standard InChI is InChI=1S/C25H25Cl2N3O4/c1-4-18(14(2)25(32)33)19-7-5-6-15-12-30(34-13-20(15)19)24(31)23-21(26)8-16(9-22(23)27)17-10-28-29(3)11-17/h5-11,14,18H,4,12-13H2,1-3H3,(H,32,33)/t14-,18+/m0/s1. The largest absolute Gasteiger partial charge is 0.481 e. The summed E-state index contributed by atoms with van der Waals surface area (Å²) in [7, 11) is 1.81. The third-order valence-corrected chi connectivity index (χ3v) is 6.94. The molecule has 0 bridgehead atoms. The minimum absolute atomic E-state index is 0.151. The molecule has 1 N–H and O–H groups in total. The lowest BCUT2D eigenvalue weighted by Crippen LogP contribution is -2.35. The zero-order chi connectivity index (χ0) is 24.6. The van der Waals surface area contributed by atoms with Gasteiger partial charge in [-0.15, -0.1) is 0 Å². The molecule has 178 valence electrons. The number of hydrogen-bond acceptors (Lipinski definition) is 4. The number of fused-ring (bicyclic) bond motifs is 1. The third kappa shape index (κ3) is 4.56. The maximum Gasteiger partial charge on any atom is 0.306 e. The molecule has 2 aromatic carbocycles. The molecule has 0 unspecified atom stereocenters. The lowest BCUT2D eigenvalue weighted by molar-refractivity contribution is -0.150. The fraction of sp³-hybridized carbons (Fsp3) is 0.320. The lowest BCUT2D eigenvalue weighted by Gasteiger charge is -2.32. The van der Waals surface area contributed by atoms with E-state index < -0.39 is 17.8 Å². The van der Waals surface area contributed by atoms with Crippen LogP contribution in [-0.2, 0) is 29.8 Å². The number of rotatable bonds is 6. The Hall–Kier alpha value is -2.87. The number of aliphatic carboxylic acids is 1. The van der Waals surface area contributed by atoms with Crippen LogP contribution in [-0.4, -0.2) is 31.8 Å². The summed E-state index contributed by atoms with van der Waals surface area (Å²) in [5.41, 5.74) is 4.54. The Morgan fingerprint density at radius 3 is 2.50 bits per heavy atom. The Bertz CT molecular complexity index is 1230. The number of amides is 1. The van der Waals surface area contributed by atoms with E-state index in [1.54, 1.807) is 29.9 Å². The fourth-order valence-corrected chi connectivity index (χ4v) is 5.10. The number of aryl methyl sites for hydroxylation is 1. The average Bonchev–Trinajstić information content (AvgIpc) is 3.25. The quantitative estimate of drug-likeness (QED) is 0.468. The summed E-state index contributed by atoms with van der Waals surface area (Å²) >= 11 is 13.0. The molecule has 1 aromatic heterocycles. The van der Waals surface area contributed by atoms with Gasteiger partial charge in [-0.3, -0.25) is 19.1 Å². The maximum absolute atomic E-state index is 13.3. The van der Waals surface area contributed by atoms with Crippen LogP contribution in [0.5, 0.6) is 0 Å². The highest BCUT2D eigenvalue weighted by Gasteiger charge is 2.31. The van der Waals surface area contributed by atoms with Gasteiger partial charge in [-0.2, -0.15) is 5.10 Å². The number of carboxylic acid groups (broad SMARTS) is 1.